The van der Waals surface area contributed by atoms with Crippen LogP contribution in [0.5, 0.6) is 11.5 Å². The zero-order valence-electron chi connectivity index (χ0n) is 18.0. The van der Waals surface area contributed by atoms with Crippen LogP contribution in [0.15, 0.2) is 71.1 Å². The van der Waals surface area contributed by atoms with Gasteiger partial charge in [0.25, 0.3) is 0 Å². The Balaban J connectivity index is 1.24. The first-order valence-corrected chi connectivity index (χ1v) is 10.6. The summed E-state index contributed by atoms with van der Waals surface area (Å²) in [4.78, 5) is 12.5. The van der Waals surface area contributed by atoms with Crippen molar-refractivity contribution < 1.29 is 18.7 Å². The van der Waals surface area contributed by atoms with Gasteiger partial charge >= 0.3 is 6.03 Å². The number of hydrogen-bond acceptors (Lipinski definition) is 6. The summed E-state index contributed by atoms with van der Waals surface area (Å²) in [7, 11) is 0. The van der Waals surface area contributed by atoms with Crippen LogP contribution in [0.1, 0.15) is 17.0 Å². The van der Waals surface area contributed by atoms with Crippen LogP contribution in [-0.4, -0.2) is 29.4 Å². The third-order valence-electron chi connectivity index (χ3n) is 5.11. The molecule has 8 nitrogen and oxygen atoms in total. The highest BCUT2D eigenvalue weighted by atomic mass is 16.6. The molecule has 0 unspecified atom stereocenters. The Hall–Kier alpha value is -4.33. The molecule has 4 aromatic rings. The van der Waals surface area contributed by atoms with Crippen LogP contribution in [0.25, 0.3) is 11.5 Å². The van der Waals surface area contributed by atoms with Crippen LogP contribution in [0, 0.1) is 6.92 Å². The smallest absolute Gasteiger partial charge is 0.323 e. The molecule has 3 aromatic carbocycles. The van der Waals surface area contributed by atoms with Gasteiger partial charge in [0.2, 0.25) is 11.8 Å². The van der Waals surface area contributed by atoms with Crippen molar-refractivity contribution in [2.24, 2.45) is 0 Å². The quantitative estimate of drug-likeness (QED) is 0.449. The molecule has 0 radical (unpaired) electrons. The third kappa shape index (κ3) is 4.95. The van der Waals surface area contributed by atoms with E-state index in [-0.39, 0.29) is 6.03 Å². The molecule has 0 atom stereocenters. The van der Waals surface area contributed by atoms with E-state index in [1.54, 1.807) is 30.3 Å². The lowest BCUT2D eigenvalue weighted by atomic mass is 10.1. The minimum absolute atomic E-state index is 0.380. The number of amides is 2. The SMILES string of the molecule is Cc1ccc(Cc2nnc(-c3cccc(NC(=O)Nc4ccc5c(c4)OCCO5)c3)o2)cc1. The zero-order chi connectivity index (χ0) is 22.6. The Morgan fingerprint density at radius 2 is 1.64 bits per heavy atom. The van der Waals surface area contributed by atoms with Gasteiger partial charge in [-0.25, -0.2) is 4.79 Å². The Kier molecular flexibility index (Phi) is 5.63. The molecule has 0 bridgehead atoms. The van der Waals surface area contributed by atoms with Crippen molar-refractivity contribution in [1.29, 1.82) is 0 Å². The number of hydrogen-bond donors (Lipinski definition) is 2. The molecule has 33 heavy (non-hydrogen) atoms. The van der Waals surface area contributed by atoms with Crippen LogP contribution >= 0.6 is 0 Å². The number of nitrogens with zero attached hydrogens (tertiary/aromatic N) is 2. The minimum atomic E-state index is -0.380. The first-order valence-electron chi connectivity index (χ1n) is 10.6. The number of aryl methyl sites for hydroxylation is 1. The molecule has 8 heteroatoms. The van der Waals surface area contributed by atoms with Gasteiger partial charge in [-0.2, -0.15) is 0 Å². The predicted octanol–water partition coefficient (Wildman–Crippen LogP) is 5.05. The van der Waals surface area contributed by atoms with E-state index in [4.69, 9.17) is 13.9 Å². The molecular weight excluding hydrogens is 420 g/mol. The summed E-state index contributed by atoms with van der Waals surface area (Å²) in [5.41, 5.74) is 4.22. The maximum Gasteiger partial charge on any atom is 0.323 e. The summed E-state index contributed by atoms with van der Waals surface area (Å²) in [6.07, 6.45) is 0.559. The monoisotopic (exact) mass is 442 g/mol. The molecule has 0 aliphatic carbocycles. The van der Waals surface area contributed by atoms with E-state index < -0.39 is 0 Å². The summed E-state index contributed by atoms with van der Waals surface area (Å²) in [6.45, 7) is 3.05. The zero-order valence-corrected chi connectivity index (χ0v) is 18.0. The normalized spacial score (nSPS) is 12.3. The lowest BCUT2D eigenvalue weighted by Crippen LogP contribution is -2.20. The number of benzene rings is 3. The van der Waals surface area contributed by atoms with Crippen molar-refractivity contribution >= 4 is 17.4 Å². The van der Waals surface area contributed by atoms with Gasteiger partial charge in [0.05, 0.1) is 6.42 Å². The Labute approximate surface area is 190 Å². The van der Waals surface area contributed by atoms with E-state index in [0.717, 1.165) is 11.1 Å². The van der Waals surface area contributed by atoms with E-state index in [2.05, 4.69) is 33.0 Å². The molecule has 1 aliphatic heterocycles. The van der Waals surface area contributed by atoms with Crippen molar-refractivity contribution in [1.82, 2.24) is 10.2 Å². The van der Waals surface area contributed by atoms with Gasteiger partial charge in [-0.1, -0.05) is 35.9 Å². The molecule has 1 aliphatic rings. The second kappa shape index (κ2) is 9.04. The topological polar surface area (TPSA) is 98.5 Å². The first-order chi connectivity index (χ1) is 16.1. The van der Waals surface area contributed by atoms with Gasteiger partial charge in [0.15, 0.2) is 11.5 Å². The van der Waals surface area contributed by atoms with Crippen LogP contribution in [0.2, 0.25) is 0 Å². The third-order valence-corrected chi connectivity index (χ3v) is 5.11. The fourth-order valence-corrected chi connectivity index (χ4v) is 3.47. The Bertz CT molecular complexity index is 1280. The van der Waals surface area contributed by atoms with Crippen LogP contribution in [-0.2, 0) is 6.42 Å². The Morgan fingerprint density at radius 3 is 2.45 bits per heavy atom. The lowest BCUT2D eigenvalue weighted by Gasteiger charge is -2.19. The summed E-state index contributed by atoms with van der Waals surface area (Å²) in [5.74, 6) is 2.21. The number of carbonyl (C=O) groups is 1. The fourth-order valence-electron chi connectivity index (χ4n) is 3.47. The van der Waals surface area contributed by atoms with Crippen molar-refractivity contribution in [3.63, 3.8) is 0 Å². The number of nitrogens with one attached hydrogen (secondary N) is 2. The summed E-state index contributed by atoms with van der Waals surface area (Å²) >= 11 is 0. The van der Waals surface area contributed by atoms with Gasteiger partial charge in [-0.3, -0.25) is 0 Å². The number of carbonyl (C=O) groups excluding carboxylic acids is 1. The van der Waals surface area contributed by atoms with Crippen LogP contribution in [0.4, 0.5) is 16.2 Å². The van der Waals surface area contributed by atoms with E-state index in [0.29, 0.717) is 54.3 Å². The second-order valence-corrected chi connectivity index (χ2v) is 7.68. The predicted molar refractivity (Wildman–Crippen MR) is 124 cm³/mol. The molecule has 0 spiro atoms. The van der Waals surface area contributed by atoms with Gasteiger partial charge < -0.3 is 24.5 Å². The van der Waals surface area contributed by atoms with E-state index in [9.17, 15) is 4.79 Å². The highest BCUT2D eigenvalue weighted by Crippen LogP contribution is 2.32. The maximum atomic E-state index is 12.5. The highest BCUT2D eigenvalue weighted by Gasteiger charge is 2.14. The van der Waals surface area contributed by atoms with Gasteiger partial charge in [-0.05, 0) is 42.8 Å². The highest BCUT2D eigenvalue weighted by molar-refractivity contribution is 6.00. The Morgan fingerprint density at radius 1 is 0.879 bits per heavy atom. The van der Waals surface area contributed by atoms with Crippen LogP contribution < -0.4 is 20.1 Å². The van der Waals surface area contributed by atoms with Crippen molar-refractivity contribution in [2.45, 2.75) is 13.3 Å². The van der Waals surface area contributed by atoms with Gasteiger partial charge in [0.1, 0.15) is 13.2 Å². The largest absolute Gasteiger partial charge is 0.486 e. The molecule has 0 saturated carbocycles. The number of urea groups is 1. The first kappa shape index (κ1) is 20.6. The minimum Gasteiger partial charge on any atom is -0.486 e. The van der Waals surface area contributed by atoms with E-state index >= 15 is 0 Å². The molecule has 2 N–H and O–H groups in total. The van der Waals surface area contributed by atoms with Crippen LogP contribution in [0.3, 0.4) is 0 Å². The number of rotatable bonds is 5. The maximum absolute atomic E-state index is 12.5. The molecule has 1 aromatic heterocycles. The average Bonchev–Trinajstić information content (AvgIpc) is 3.29. The van der Waals surface area contributed by atoms with Gasteiger partial charge in [0, 0.05) is 23.0 Å². The number of anilines is 2. The molecule has 2 heterocycles. The van der Waals surface area contributed by atoms with Gasteiger partial charge in [-0.15, -0.1) is 10.2 Å². The molecule has 5 rings (SSSR count). The molecule has 2 amide bonds. The fraction of sp³-hybridized carbons (Fsp3) is 0.160. The summed E-state index contributed by atoms with van der Waals surface area (Å²) in [5, 5.41) is 13.9. The van der Waals surface area contributed by atoms with Crippen molar-refractivity contribution in [2.75, 3.05) is 23.8 Å². The molecule has 166 valence electrons. The molecular formula is C25H22N4O4. The summed E-state index contributed by atoms with van der Waals surface area (Å²) in [6, 6.07) is 20.3. The molecule has 0 saturated heterocycles. The van der Waals surface area contributed by atoms with Crippen molar-refractivity contribution in [3.8, 4) is 23.0 Å². The van der Waals surface area contributed by atoms with E-state index in [1.807, 2.05) is 31.2 Å². The summed E-state index contributed by atoms with van der Waals surface area (Å²) < 4.78 is 16.9. The number of fused-ring (bicyclic) bond motifs is 1. The molecule has 0 fully saturated rings. The van der Waals surface area contributed by atoms with Crippen molar-refractivity contribution in [3.05, 3.63) is 83.7 Å². The number of ether oxygens (including phenoxy) is 2. The standard InChI is InChI=1S/C25H22N4O4/c1-16-5-7-17(8-6-16)13-23-28-29-24(33-23)18-3-2-4-19(14-18)26-25(30)27-20-9-10-21-22(15-20)32-12-11-31-21/h2-10,14-15H,11-13H2,1H3,(H2,26,27,30). The lowest BCUT2D eigenvalue weighted by molar-refractivity contribution is 0.171. The second-order valence-electron chi connectivity index (χ2n) is 7.68. The van der Waals surface area contributed by atoms with E-state index in [1.165, 1.54) is 5.56 Å². The average molecular weight is 442 g/mol. The number of aromatic nitrogens is 2.